The van der Waals surface area contributed by atoms with E-state index in [4.69, 9.17) is 5.11 Å². The van der Waals surface area contributed by atoms with Crippen LogP contribution in [0.1, 0.15) is 18.6 Å². The van der Waals surface area contributed by atoms with Gasteiger partial charge in [-0.2, -0.15) is 0 Å². The average Bonchev–Trinajstić information content (AvgIpc) is 2.26. The van der Waals surface area contributed by atoms with Crippen molar-refractivity contribution in [2.75, 3.05) is 0 Å². The molecule has 3 N–H and O–H groups in total. The lowest BCUT2D eigenvalue weighted by atomic mass is 10.1. The zero-order valence-corrected chi connectivity index (χ0v) is 14.1. The zero-order valence-electron chi connectivity index (χ0n) is 9.32. The number of hydrogen-bond donors (Lipinski definition) is 3. The van der Waals surface area contributed by atoms with E-state index in [-0.39, 0.29) is 5.75 Å². The Morgan fingerprint density at radius 1 is 1.39 bits per heavy atom. The molecule has 0 spiro atoms. The Kier molecular flexibility index (Phi) is 7.77. The molecule has 1 aromatic carbocycles. The second-order valence-corrected chi connectivity index (χ2v) is 5.58. The monoisotopic (exact) mass is 444 g/mol. The molecule has 0 aliphatic carbocycles. The van der Waals surface area contributed by atoms with Crippen LogP contribution < -0.4 is 0 Å². The molecule has 0 aliphatic rings. The van der Waals surface area contributed by atoms with Crippen molar-refractivity contribution in [2.24, 2.45) is 0 Å². The first-order chi connectivity index (χ1) is 8.22. The van der Waals surface area contributed by atoms with E-state index >= 15 is 0 Å². The lowest BCUT2D eigenvalue weighted by Gasteiger charge is -2.12. The van der Waals surface area contributed by atoms with Crippen molar-refractivity contribution in [2.45, 2.75) is 13.0 Å². The summed E-state index contributed by atoms with van der Waals surface area (Å²) in [7, 11) is 0. The van der Waals surface area contributed by atoms with Crippen LogP contribution in [0.2, 0.25) is 0 Å². The van der Waals surface area contributed by atoms with E-state index in [9.17, 15) is 15.0 Å². The molecule has 1 rings (SSSR count). The third-order valence-electron chi connectivity index (χ3n) is 1.77. The highest BCUT2D eigenvalue weighted by Gasteiger charge is 2.16. The summed E-state index contributed by atoms with van der Waals surface area (Å²) in [6, 6.07) is 1.54. The van der Waals surface area contributed by atoms with Crippen LogP contribution in [0.25, 0.3) is 0 Å². The van der Waals surface area contributed by atoms with E-state index in [1.54, 1.807) is 6.92 Å². The first-order valence-corrected chi connectivity index (χ1v) is 7.00. The Labute approximate surface area is 130 Å². The second kappa shape index (κ2) is 7.93. The van der Waals surface area contributed by atoms with E-state index in [1.807, 2.05) is 0 Å². The summed E-state index contributed by atoms with van der Waals surface area (Å²) in [6.07, 6.45) is 0.124. The number of aliphatic carboxylic acids is 1. The first kappa shape index (κ1) is 17.6. The summed E-state index contributed by atoms with van der Waals surface area (Å²) >= 11 is 9.86. The minimum absolute atomic E-state index is 0.0666. The standard InChI is InChI=1S/C8H7Br3O2.C3H4O2/c1-3(12)6-5(13)2-4(9)7(10)8(6)11;1-2-3(4)5/h2-3,12-13H,1H3;2H,1H2,(H,4,5). The van der Waals surface area contributed by atoms with Crippen LogP contribution in [0.4, 0.5) is 0 Å². The van der Waals surface area contributed by atoms with Crippen LogP contribution in [0.5, 0.6) is 5.75 Å². The van der Waals surface area contributed by atoms with Gasteiger partial charge in [0.05, 0.1) is 6.10 Å². The maximum atomic E-state index is 9.53. The van der Waals surface area contributed by atoms with Gasteiger partial charge >= 0.3 is 5.97 Å². The maximum absolute atomic E-state index is 9.53. The van der Waals surface area contributed by atoms with E-state index in [0.29, 0.717) is 10.0 Å². The predicted octanol–water partition coefficient (Wildman–Crippen LogP) is 3.99. The Morgan fingerprint density at radius 2 is 1.83 bits per heavy atom. The molecule has 0 radical (unpaired) electrons. The minimum atomic E-state index is -0.981. The van der Waals surface area contributed by atoms with E-state index in [1.165, 1.54) is 6.07 Å². The van der Waals surface area contributed by atoms with Crippen molar-refractivity contribution in [3.63, 3.8) is 0 Å². The fourth-order valence-corrected chi connectivity index (χ4v) is 2.75. The molecule has 7 heteroatoms. The van der Waals surface area contributed by atoms with E-state index < -0.39 is 12.1 Å². The molecule has 0 amide bonds. The van der Waals surface area contributed by atoms with Gasteiger partial charge in [0.25, 0.3) is 0 Å². The fourth-order valence-electron chi connectivity index (χ4n) is 0.994. The molecule has 0 saturated carbocycles. The van der Waals surface area contributed by atoms with Crippen molar-refractivity contribution in [3.05, 3.63) is 37.7 Å². The maximum Gasteiger partial charge on any atom is 0.327 e. The number of phenolic OH excluding ortho intramolecular Hbond substituents is 1. The van der Waals surface area contributed by atoms with Crippen LogP contribution in [-0.2, 0) is 4.79 Å². The Balaban J connectivity index is 0.000000494. The zero-order chi connectivity index (χ0) is 14.5. The van der Waals surface area contributed by atoms with Crippen molar-refractivity contribution >= 4 is 53.8 Å². The highest BCUT2D eigenvalue weighted by molar-refractivity contribution is 9.14. The molecule has 1 atom stereocenters. The van der Waals surface area contributed by atoms with Gasteiger partial charge in [-0.1, -0.05) is 6.58 Å². The van der Waals surface area contributed by atoms with E-state index in [2.05, 4.69) is 54.4 Å². The number of aliphatic hydroxyl groups excluding tert-OH is 1. The molecule has 0 aliphatic heterocycles. The van der Waals surface area contributed by atoms with Gasteiger partial charge in [-0.3, -0.25) is 0 Å². The summed E-state index contributed by atoms with van der Waals surface area (Å²) < 4.78 is 2.18. The van der Waals surface area contributed by atoms with Crippen molar-refractivity contribution < 1.29 is 20.1 Å². The van der Waals surface area contributed by atoms with Gasteiger partial charge in [0.2, 0.25) is 0 Å². The van der Waals surface area contributed by atoms with E-state index in [0.717, 1.165) is 15.0 Å². The Hall–Kier alpha value is -0.370. The lowest BCUT2D eigenvalue weighted by Crippen LogP contribution is -1.94. The molecular weight excluding hydrogens is 436 g/mol. The minimum Gasteiger partial charge on any atom is -0.507 e. The van der Waals surface area contributed by atoms with Crippen LogP contribution in [0.15, 0.2) is 32.1 Å². The lowest BCUT2D eigenvalue weighted by molar-refractivity contribution is -0.131. The normalized spacial score (nSPS) is 11.2. The Morgan fingerprint density at radius 3 is 2.17 bits per heavy atom. The van der Waals surface area contributed by atoms with Crippen molar-refractivity contribution in [1.82, 2.24) is 0 Å². The topological polar surface area (TPSA) is 77.8 Å². The number of hydrogen-bond acceptors (Lipinski definition) is 3. The van der Waals surface area contributed by atoms with Gasteiger partial charge in [-0.05, 0) is 60.8 Å². The summed E-state index contributed by atoms with van der Waals surface area (Å²) in [6.45, 7) is 4.56. The molecular formula is C11H11Br3O4. The molecule has 0 saturated heterocycles. The molecule has 0 heterocycles. The van der Waals surface area contributed by atoms with Gasteiger partial charge in [-0.15, -0.1) is 0 Å². The number of benzene rings is 1. The van der Waals surface area contributed by atoms with Crippen LogP contribution >= 0.6 is 47.8 Å². The average molecular weight is 447 g/mol. The fraction of sp³-hybridized carbons (Fsp3) is 0.182. The number of aromatic hydroxyl groups is 1. The number of rotatable bonds is 2. The highest BCUT2D eigenvalue weighted by Crippen LogP contribution is 2.41. The van der Waals surface area contributed by atoms with Gasteiger partial charge in [0.1, 0.15) is 5.75 Å². The van der Waals surface area contributed by atoms with Crippen LogP contribution in [0.3, 0.4) is 0 Å². The summed E-state index contributed by atoms with van der Waals surface area (Å²) in [5, 5.41) is 26.5. The molecule has 4 nitrogen and oxygen atoms in total. The number of aliphatic hydroxyl groups is 1. The molecule has 1 unspecified atom stereocenters. The Bertz CT molecular complexity index is 458. The molecule has 0 bridgehead atoms. The number of phenols is 1. The quantitative estimate of drug-likeness (QED) is 0.474. The summed E-state index contributed by atoms with van der Waals surface area (Å²) in [5.74, 6) is -0.915. The van der Waals surface area contributed by atoms with Crippen LogP contribution in [-0.4, -0.2) is 21.3 Å². The van der Waals surface area contributed by atoms with Crippen molar-refractivity contribution in [3.8, 4) is 5.75 Å². The van der Waals surface area contributed by atoms with Crippen molar-refractivity contribution in [1.29, 1.82) is 0 Å². The molecule has 0 fully saturated rings. The van der Waals surface area contributed by atoms with Gasteiger partial charge in [0, 0.05) is 25.1 Å². The number of carbonyl (C=O) groups is 1. The highest BCUT2D eigenvalue weighted by atomic mass is 79.9. The van der Waals surface area contributed by atoms with Gasteiger partial charge < -0.3 is 15.3 Å². The summed E-state index contributed by atoms with van der Waals surface area (Å²) in [4.78, 5) is 9.25. The second-order valence-electron chi connectivity index (χ2n) is 3.14. The largest absolute Gasteiger partial charge is 0.507 e. The molecule has 0 aromatic heterocycles. The molecule has 1 aromatic rings. The molecule has 18 heavy (non-hydrogen) atoms. The number of carboxylic acid groups (broad SMARTS) is 1. The predicted molar refractivity (Wildman–Crippen MR) is 79.7 cm³/mol. The van der Waals surface area contributed by atoms with Crippen LogP contribution in [0, 0.1) is 0 Å². The summed E-state index contributed by atoms with van der Waals surface area (Å²) in [5.41, 5.74) is 0.482. The third kappa shape index (κ3) is 5.09. The first-order valence-electron chi connectivity index (χ1n) is 4.62. The third-order valence-corrected chi connectivity index (χ3v) is 5.11. The SMILES string of the molecule is C=CC(=O)O.CC(O)c1c(O)cc(Br)c(Br)c1Br. The smallest absolute Gasteiger partial charge is 0.327 e. The number of halogens is 3. The van der Waals surface area contributed by atoms with Gasteiger partial charge in [0.15, 0.2) is 0 Å². The number of carboxylic acids is 1. The molecule has 100 valence electrons. The van der Waals surface area contributed by atoms with Gasteiger partial charge in [-0.25, -0.2) is 4.79 Å².